The summed E-state index contributed by atoms with van der Waals surface area (Å²) in [5.41, 5.74) is 0. The number of carbonyl (C=O) groups excluding carboxylic acids is 2. The number of ether oxygens (including phenoxy) is 1. The van der Waals surface area contributed by atoms with E-state index >= 15 is 0 Å². The van der Waals surface area contributed by atoms with E-state index in [9.17, 15) is 19.0 Å². The van der Waals surface area contributed by atoms with Crippen LogP contribution in [0.3, 0.4) is 0 Å². The zero-order valence-electron chi connectivity index (χ0n) is 49.4. The Kier molecular flexibility index (Phi) is 52.8. The lowest BCUT2D eigenvalue weighted by Gasteiger charge is -2.27. The van der Waals surface area contributed by atoms with Gasteiger partial charge in [0.25, 0.3) is 0 Å². The van der Waals surface area contributed by atoms with Crippen LogP contribution in [0, 0.1) is 0 Å². The molecule has 0 saturated heterocycles. The first-order chi connectivity index (χ1) is 35.4. The standard InChI is InChI=1S/C63H123N2O7P/c1-7-10-13-16-19-22-25-28-30-31-32-33-35-37-40-43-46-49-52-55-62(66)64-60(59-71-73(68,69)70-58-57-65(4,5)6)61(54-51-48-45-42-39-36-27-24-21-18-15-12-9-3)72-63(67)56-53-50-47-44-41-38-34-29-26-23-20-17-14-11-8-2/h23,26,51,54,60-61H,7-22,24-25,27-50,52-53,55-59H2,1-6H3,(H-,64,66,68,69)/p+1/b26-23-,54-51+. The van der Waals surface area contributed by atoms with E-state index in [1.165, 1.54) is 225 Å². The van der Waals surface area contributed by atoms with Crippen LogP contribution < -0.4 is 5.32 Å². The Labute approximate surface area is 454 Å². The minimum absolute atomic E-state index is 0.0432. The number of rotatable bonds is 58. The Bertz CT molecular complexity index is 1300. The molecule has 9 nitrogen and oxygen atoms in total. The predicted octanol–water partition coefficient (Wildman–Crippen LogP) is 19.3. The van der Waals surface area contributed by atoms with Crippen LogP contribution in [0.2, 0.25) is 0 Å². The van der Waals surface area contributed by atoms with Crippen LogP contribution in [0.15, 0.2) is 24.3 Å². The third kappa shape index (κ3) is 55.1. The van der Waals surface area contributed by atoms with Crippen LogP contribution >= 0.6 is 7.82 Å². The highest BCUT2D eigenvalue weighted by molar-refractivity contribution is 7.47. The molecule has 0 spiro atoms. The molecule has 3 unspecified atom stereocenters. The van der Waals surface area contributed by atoms with Crippen LogP contribution in [-0.2, 0) is 27.9 Å². The maximum atomic E-state index is 13.6. The van der Waals surface area contributed by atoms with Crippen LogP contribution in [0.25, 0.3) is 0 Å². The molecule has 10 heteroatoms. The monoisotopic (exact) mass is 1050 g/mol. The fraction of sp³-hybridized carbons (Fsp3) is 0.905. The lowest BCUT2D eigenvalue weighted by Crippen LogP contribution is -2.47. The Morgan fingerprint density at radius 3 is 1.18 bits per heavy atom. The van der Waals surface area contributed by atoms with Crippen molar-refractivity contribution in [3.05, 3.63) is 24.3 Å². The Hall–Kier alpha value is -1.51. The summed E-state index contributed by atoms with van der Waals surface area (Å²) in [4.78, 5) is 37.7. The zero-order chi connectivity index (χ0) is 53.6. The summed E-state index contributed by atoms with van der Waals surface area (Å²) in [7, 11) is 1.51. The number of allylic oxidation sites excluding steroid dienone is 3. The highest BCUT2D eigenvalue weighted by Crippen LogP contribution is 2.43. The van der Waals surface area contributed by atoms with E-state index in [0.717, 1.165) is 57.8 Å². The van der Waals surface area contributed by atoms with Gasteiger partial charge in [-0.25, -0.2) is 4.57 Å². The molecule has 0 aromatic rings. The number of nitrogens with one attached hydrogen (secondary N) is 1. The van der Waals surface area contributed by atoms with Gasteiger partial charge in [0, 0.05) is 12.8 Å². The molecule has 0 aliphatic carbocycles. The van der Waals surface area contributed by atoms with Crippen molar-refractivity contribution in [2.45, 2.75) is 328 Å². The molecule has 0 aromatic heterocycles. The highest BCUT2D eigenvalue weighted by atomic mass is 31.2. The van der Waals surface area contributed by atoms with Crippen LogP contribution in [0.5, 0.6) is 0 Å². The molecular weight excluding hydrogens is 928 g/mol. The minimum Gasteiger partial charge on any atom is -0.456 e. The van der Waals surface area contributed by atoms with Crippen LogP contribution in [0.4, 0.5) is 0 Å². The molecule has 0 aliphatic rings. The predicted molar refractivity (Wildman–Crippen MR) is 314 cm³/mol. The van der Waals surface area contributed by atoms with Crippen molar-refractivity contribution in [3.63, 3.8) is 0 Å². The minimum atomic E-state index is -4.44. The van der Waals surface area contributed by atoms with Gasteiger partial charge in [0.1, 0.15) is 19.3 Å². The lowest BCUT2D eigenvalue weighted by atomic mass is 10.0. The van der Waals surface area contributed by atoms with E-state index in [-0.39, 0.29) is 25.1 Å². The smallest absolute Gasteiger partial charge is 0.456 e. The van der Waals surface area contributed by atoms with Gasteiger partial charge in [0.2, 0.25) is 5.91 Å². The van der Waals surface area contributed by atoms with Gasteiger partial charge in [-0.2, -0.15) is 0 Å². The molecule has 3 atom stereocenters. The number of esters is 1. The number of hydrogen-bond donors (Lipinski definition) is 2. The molecule has 0 saturated carbocycles. The first-order valence-electron chi connectivity index (χ1n) is 31.7. The van der Waals surface area contributed by atoms with Crippen molar-refractivity contribution in [2.24, 2.45) is 0 Å². The largest absolute Gasteiger partial charge is 0.472 e. The van der Waals surface area contributed by atoms with Crippen molar-refractivity contribution in [3.8, 4) is 0 Å². The number of carbonyl (C=O) groups is 2. The van der Waals surface area contributed by atoms with Gasteiger partial charge in [0.05, 0.1) is 33.8 Å². The maximum absolute atomic E-state index is 13.6. The molecule has 432 valence electrons. The second kappa shape index (κ2) is 53.9. The SMILES string of the molecule is CCCCCC/C=C\CCCCCCCCCC(=O)OC(/C=C/CCCCCCCCCCCCC)C(COP(=O)(O)OCC[N+](C)(C)C)NC(=O)CCCCCCCCCCCCCCCCCCCCC. The number of quaternary nitrogens is 1. The van der Waals surface area contributed by atoms with E-state index in [0.29, 0.717) is 23.9 Å². The van der Waals surface area contributed by atoms with Crippen LogP contribution in [0.1, 0.15) is 316 Å². The number of phosphoric ester groups is 1. The molecule has 0 fully saturated rings. The van der Waals surface area contributed by atoms with E-state index < -0.39 is 20.0 Å². The lowest BCUT2D eigenvalue weighted by molar-refractivity contribution is -0.870. The van der Waals surface area contributed by atoms with Crippen LogP contribution in [-0.4, -0.2) is 74.3 Å². The number of unbranched alkanes of at least 4 members (excludes halogenated alkanes) is 40. The number of phosphoric acid groups is 1. The molecule has 1 amide bonds. The van der Waals surface area contributed by atoms with Gasteiger partial charge in [-0.15, -0.1) is 0 Å². The van der Waals surface area contributed by atoms with Crippen molar-refractivity contribution >= 4 is 19.7 Å². The second-order valence-electron chi connectivity index (χ2n) is 22.9. The fourth-order valence-corrected chi connectivity index (χ4v) is 10.2. The molecule has 2 N–H and O–H groups in total. The number of hydrogen-bond acceptors (Lipinski definition) is 6. The van der Waals surface area contributed by atoms with E-state index in [1.54, 1.807) is 0 Å². The molecule has 73 heavy (non-hydrogen) atoms. The number of likely N-dealkylation sites (N-methyl/N-ethyl adjacent to an activating group) is 1. The summed E-state index contributed by atoms with van der Waals surface area (Å²) in [5.74, 6) is -0.493. The Morgan fingerprint density at radius 1 is 0.466 bits per heavy atom. The first kappa shape index (κ1) is 71.5. The van der Waals surface area contributed by atoms with Gasteiger partial charge < -0.3 is 19.4 Å². The molecule has 0 rings (SSSR count). The quantitative estimate of drug-likeness (QED) is 0.0205. The Morgan fingerprint density at radius 2 is 0.795 bits per heavy atom. The Balaban J connectivity index is 5.23. The first-order valence-corrected chi connectivity index (χ1v) is 33.2. The van der Waals surface area contributed by atoms with Gasteiger partial charge in [-0.1, -0.05) is 270 Å². The number of nitrogens with zero attached hydrogens (tertiary/aromatic N) is 1. The molecule has 0 heterocycles. The number of amides is 1. The molecule has 0 aliphatic heterocycles. The average Bonchev–Trinajstić information content (AvgIpc) is 3.35. The molecule has 0 radical (unpaired) electrons. The van der Waals surface area contributed by atoms with Gasteiger partial charge in [-0.3, -0.25) is 18.6 Å². The van der Waals surface area contributed by atoms with E-state index in [2.05, 4.69) is 38.2 Å². The topological polar surface area (TPSA) is 111 Å². The second-order valence-corrected chi connectivity index (χ2v) is 24.4. The molecular formula is C63H124N2O7P+. The van der Waals surface area contributed by atoms with Gasteiger partial charge in [-0.05, 0) is 57.4 Å². The summed E-state index contributed by atoms with van der Waals surface area (Å²) < 4.78 is 30.7. The summed E-state index contributed by atoms with van der Waals surface area (Å²) in [6.07, 6.45) is 63.1. The van der Waals surface area contributed by atoms with E-state index in [1.807, 2.05) is 33.3 Å². The van der Waals surface area contributed by atoms with Crippen molar-refractivity contribution < 1.29 is 37.3 Å². The normalized spacial score (nSPS) is 13.8. The third-order valence-electron chi connectivity index (χ3n) is 14.4. The van der Waals surface area contributed by atoms with Gasteiger partial charge in [0.15, 0.2) is 0 Å². The maximum Gasteiger partial charge on any atom is 0.472 e. The average molecular weight is 1050 g/mol. The van der Waals surface area contributed by atoms with Crippen molar-refractivity contribution in [1.29, 1.82) is 0 Å². The zero-order valence-corrected chi connectivity index (χ0v) is 50.3. The van der Waals surface area contributed by atoms with E-state index in [4.69, 9.17) is 13.8 Å². The third-order valence-corrected chi connectivity index (χ3v) is 15.4. The summed E-state index contributed by atoms with van der Waals surface area (Å²) in [6, 6.07) is -0.844. The highest BCUT2D eigenvalue weighted by Gasteiger charge is 2.30. The molecule has 0 bridgehead atoms. The summed E-state index contributed by atoms with van der Waals surface area (Å²) in [6.45, 7) is 7.05. The fourth-order valence-electron chi connectivity index (χ4n) is 9.47. The van der Waals surface area contributed by atoms with Crippen molar-refractivity contribution in [2.75, 3.05) is 40.9 Å². The molecule has 0 aromatic carbocycles. The summed E-state index contributed by atoms with van der Waals surface area (Å²) in [5, 5.41) is 3.07. The van der Waals surface area contributed by atoms with Gasteiger partial charge >= 0.3 is 13.8 Å². The van der Waals surface area contributed by atoms with Crippen molar-refractivity contribution in [1.82, 2.24) is 5.32 Å². The summed E-state index contributed by atoms with van der Waals surface area (Å²) >= 11 is 0.